The summed E-state index contributed by atoms with van der Waals surface area (Å²) in [5.74, 6) is -1.51. The van der Waals surface area contributed by atoms with Gasteiger partial charge >= 0.3 is 0 Å². The van der Waals surface area contributed by atoms with Crippen molar-refractivity contribution in [2.45, 2.75) is 38.8 Å². The van der Waals surface area contributed by atoms with Gasteiger partial charge < -0.3 is 21.3 Å². The Balaban J connectivity index is 1.76. The van der Waals surface area contributed by atoms with Crippen LogP contribution in [0.5, 0.6) is 0 Å². The first-order valence-corrected chi connectivity index (χ1v) is 12.8. The molecule has 0 heterocycles. The molecule has 0 saturated heterocycles. The van der Waals surface area contributed by atoms with E-state index in [0.717, 1.165) is 5.56 Å². The fraction of sp³-hybridized carbons (Fsp3) is 0.250. The number of halogens is 1. The number of benzene rings is 3. The van der Waals surface area contributed by atoms with E-state index in [4.69, 9.17) is 12.2 Å². The van der Waals surface area contributed by atoms with Gasteiger partial charge in [0.1, 0.15) is 17.9 Å². The maximum absolute atomic E-state index is 13.5. The number of nitro groups is 1. The molecular formula is C28H30FN5O4S. The van der Waals surface area contributed by atoms with Gasteiger partial charge in [-0.25, -0.2) is 4.39 Å². The van der Waals surface area contributed by atoms with Crippen LogP contribution in [0.25, 0.3) is 0 Å². The minimum Gasteiger partial charge on any atom is -0.350 e. The van der Waals surface area contributed by atoms with Gasteiger partial charge in [0.2, 0.25) is 11.8 Å². The normalized spacial score (nSPS) is 12.9. The van der Waals surface area contributed by atoms with Gasteiger partial charge in [0.25, 0.3) is 5.69 Å². The third-order valence-corrected chi connectivity index (χ3v) is 6.34. The first kappa shape index (κ1) is 29.2. The van der Waals surface area contributed by atoms with Crippen LogP contribution in [-0.4, -0.2) is 33.9 Å². The summed E-state index contributed by atoms with van der Waals surface area (Å²) in [7, 11) is 0. The lowest BCUT2D eigenvalue weighted by molar-refractivity contribution is -0.384. The van der Waals surface area contributed by atoms with Gasteiger partial charge in [0.15, 0.2) is 5.11 Å². The van der Waals surface area contributed by atoms with E-state index in [1.807, 2.05) is 44.2 Å². The molecule has 3 aromatic carbocycles. The number of nitro benzene ring substituents is 1. The smallest absolute Gasteiger partial charge is 0.271 e. The Morgan fingerprint density at radius 1 is 0.923 bits per heavy atom. The van der Waals surface area contributed by atoms with E-state index in [0.29, 0.717) is 17.8 Å². The quantitative estimate of drug-likeness (QED) is 0.153. The Hall–Kier alpha value is -4.38. The number of thiocarbonyl (C=S) groups is 1. The highest BCUT2D eigenvalue weighted by Crippen LogP contribution is 2.18. The largest absolute Gasteiger partial charge is 0.350 e. The van der Waals surface area contributed by atoms with Crippen LogP contribution in [0.1, 0.15) is 25.8 Å². The van der Waals surface area contributed by atoms with Gasteiger partial charge in [-0.05, 0) is 54.0 Å². The lowest BCUT2D eigenvalue weighted by Gasteiger charge is -2.27. The Morgan fingerprint density at radius 2 is 1.62 bits per heavy atom. The van der Waals surface area contributed by atoms with Crippen molar-refractivity contribution in [3.63, 3.8) is 0 Å². The Morgan fingerprint density at radius 3 is 2.26 bits per heavy atom. The third kappa shape index (κ3) is 8.85. The molecule has 3 rings (SSSR count). The average molecular weight is 552 g/mol. The van der Waals surface area contributed by atoms with Crippen LogP contribution in [0.15, 0.2) is 78.9 Å². The summed E-state index contributed by atoms with van der Waals surface area (Å²) in [6, 6.07) is 18.7. The van der Waals surface area contributed by atoms with Crippen LogP contribution in [0.3, 0.4) is 0 Å². The number of carbonyl (C=O) groups is 2. The molecule has 0 spiro atoms. The molecule has 3 aromatic rings. The molecule has 2 amide bonds. The number of nitrogens with one attached hydrogen (secondary N) is 4. The zero-order valence-electron chi connectivity index (χ0n) is 21.5. The number of nitrogens with zero attached hydrogens (tertiary/aromatic N) is 1. The van der Waals surface area contributed by atoms with E-state index in [-0.39, 0.29) is 23.1 Å². The summed E-state index contributed by atoms with van der Waals surface area (Å²) in [6.45, 7) is 3.80. The van der Waals surface area contributed by atoms with Gasteiger partial charge in [-0.2, -0.15) is 0 Å². The minimum absolute atomic E-state index is 0.102. The van der Waals surface area contributed by atoms with Gasteiger partial charge in [-0.3, -0.25) is 19.7 Å². The summed E-state index contributed by atoms with van der Waals surface area (Å²) in [6.07, 6.45) is 0.860. The molecule has 0 saturated carbocycles. The Kier molecular flexibility index (Phi) is 10.4. The monoisotopic (exact) mass is 551 g/mol. The second-order valence-corrected chi connectivity index (χ2v) is 9.42. The highest BCUT2D eigenvalue weighted by Gasteiger charge is 2.29. The summed E-state index contributed by atoms with van der Waals surface area (Å²) in [5.41, 5.74) is 1.53. The second-order valence-electron chi connectivity index (χ2n) is 9.02. The van der Waals surface area contributed by atoms with Crippen LogP contribution in [0.4, 0.5) is 21.5 Å². The molecule has 0 aliphatic rings. The van der Waals surface area contributed by atoms with Crippen LogP contribution in [0.2, 0.25) is 0 Å². The number of hydrogen-bond donors (Lipinski definition) is 4. The van der Waals surface area contributed by atoms with Crippen LogP contribution < -0.4 is 21.3 Å². The summed E-state index contributed by atoms with van der Waals surface area (Å²) in [4.78, 5) is 37.3. The van der Waals surface area contributed by atoms with Gasteiger partial charge in [-0.1, -0.05) is 56.7 Å². The van der Waals surface area contributed by atoms with Gasteiger partial charge in [0.05, 0.1) is 4.92 Å². The molecule has 0 fully saturated rings. The predicted molar refractivity (Wildman–Crippen MR) is 153 cm³/mol. The summed E-state index contributed by atoms with van der Waals surface area (Å²) in [5, 5.41) is 22.6. The number of rotatable bonds is 11. The van der Waals surface area contributed by atoms with Crippen molar-refractivity contribution in [3.8, 4) is 0 Å². The topological polar surface area (TPSA) is 125 Å². The molecule has 0 bridgehead atoms. The zero-order valence-corrected chi connectivity index (χ0v) is 22.3. The fourth-order valence-corrected chi connectivity index (χ4v) is 4.04. The molecule has 0 unspecified atom stereocenters. The van der Waals surface area contributed by atoms with E-state index in [1.165, 1.54) is 42.5 Å². The van der Waals surface area contributed by atoms with Crippen molar-refractivity contribution < 1.29 is 18.9 Å². The molecule has 0 radical (unpaired) electrons. The van der Waals surface area contributed by atoms with Crippen LogP contribution >= 0.6 is 12.2 Å². The molecule has 0 aliphatic carbocycles. The SMILES string of the molecule is CC[C@H](C)[C@H](NC(=S)Nc1cccc([N+](=O)[O-])c1)C(=O)N[C@H](Cc1ccccc1)C(=O)Nc1ccc(F)cc1. The van der Waals surface area contributed by atoms with E-state index in [2.05, 4.69) is 21.3 Å². The molecule has 11 heteroatoms. The standard InChI is InChI=1S/C28H30FN5O4S/c1-3-18(2)25(33-28(39)31-22-10-7-11-23(17-22)34(37)38)27(36)32-24(16-19-8-5-4-6-9-19)26(35)30-21-14-12-20(29)13-15-21/h4-15,17-18,24-25H,3,16H2,1-2H3,(H,30,35)(H,32,36)(H2,31,33,39)/t18-,24+,25-/m0/s1. The van der Waals surface area contributed by atoms with Crippen LogP contribution in [-0.2, 0) is 16.0 Å². The molecule has 4 N–H and O–H groups in total. The number of hydrogen-bond acceptors (Lipinski definition) is 5. The summed E-state index contributed by atoms with van der Waals surface area (Å²) >= 11 is 5.39. The molecule has 0 aromatic heterocycles. The number of anilines is 2. The van der Waals surface area contributed by atoms with Crippen molar-refractivity contribution in [2.24, 2.45) is 5.92 Å². The molecule has 3 atom stereocenters. The number of amides is 2. The van der Waals surface area contributed by atoms with E-state index in [9.17, 15) is 24.1 Å². The molecule has 9 nitrogen and oxygen atoms in total. The van der Waals surface area contributed by atoms with Crippen molar-refractivity contribution in [1.29, 1.82) is 0 Å². The maximum atomic E-state index is 13.5. The number of non-ortho nitro benzene ring substituents is 1. The minimum atomic E-state index is -0.934. The highest BCUT2D eigenvalue weighted by atomic mass is 32.1. The predicted octanol–water partition coefficient (Wildman–Crippen LogP) is 4.80. The Labute approximate surface area is 231 Å². The first-order valence-electron chi connectivity index (χ1n) is 12.4. The second kappa shape index (κ2) is 14.0. The van der Waals surface area contributed by atoms with E-state index < -0.39 is 34.6 Å². The van der Waals surface area contributed by atoms with Crippen molar-refractivity contribution in [1.82, 2.24) is 10.6 Å². The zero-order chi connectivity index (χ0) is 28.4. The number of carbonyl (C=O) groups excluding carboxylic acids is 2. The lowest BCUT2D eigenvalue weighted by Crippen LogP contribution is -2.56. The summed E-state index contributed by atoms with van der Waals surface area (Å²) < 4.78 is 13.3. The van der Waals surface area contributed by atoms with E-state index in [1.54, 1.807) is 6.07 Å². The fourth-order valence-electron chi connectivity index (χ4n) is 3.79. The molecule has 0 aliphatic heterocycles. The van der Waals surface area contributed by atoms with Crippen molar-refractivity contribution in [3.05, 3.63) is 100 Å². The van der Waals surface area contributed by atoms with Crippen molar-refractivity contribution >= 4 is 46.2 Å². The van der Waals surface area contributed by atoms with Gasteiger partial charge in [-0.15, -0.1) is 0 Å². The van der Waals surface area contributed by atoms with Crippen molar-refractivity contribution in [2.75, 3.05) is 10.6 Å². The Bertz CT molecular complexity index is 1310. The molecular weight excluding hydrogens is 521 g/mol. The third-order valence-electron chi connectivity index (χ3n) is 6.12. The van der Waals surface area contributed by atoms with Crippen LogP contribution in [0, 0.1) is 21.8 Å². The first-order chi connectivity index (χ1) is 18.7. The molecule has 204 valence electrons. The average Bonchev–Trinajstić information content (AvgIpc) is 2.92. The molecule has 39 heavy (non-hydrogen) atoms. The highest BCUT2D eigenvalue weighted by molar-refractivity contribution is 7.80. The lowest BCUT2D eigenvalue weighted by atomic mass is 9.97. The maximum Gasteiger partial charge on any atom is 0.271 e. The van der Waals surface area contributed by atoms with E-state index >= 15 is 0 Å². The van der Waals surface area contributed by atoms with Gasteiger partial charge in [0, 0.05) is 29.9 Å².